The fraction of sp³-hybridized carbons (Fsp3) is 0.375. The highest BCUT2D eigenvalue weighted by Gasteiger charge is 2.32. The summed E-state index contributed by atoms with van der Waals surface area (Å²) < 4.78 is 30.9. The van der Waals surface area contributed by atoms with Crippen LogP contribution in [0.15, 0.2) is 42.6 Å². The average Bonchev–Trinajstić information content (AvgIpc) is 2.81. The van der Waals surface area contributed by atoms with Gasteiger partial charge in [-0.05, 0) is 50.1 Å². The molecular formula is C24H26FN3O5. The van der Waals surface area contributed by atoms with Crippen molar-refractivity contribution >= 4 is 22.3 Å². The molecular weight excluding hydrogens is 429 g/mol. The highest BCUT2D eigenvalue weighted by Crippen LogP contribution is 2.40. The first-order chi connectivity index (χ1) is 15.9. The number of anilines is 1. The van der Waals surface area contributed by atoms with Crippen molar-refractivity contribution in [2.75, 3.05) is 25.7 Å². The summed E-state index contributed by atoms with van der Waals surface area (Å²) in [6, 6.07) is 9.57. The third-order valence-electron chi connectivity index (χ3n) is 6.00. The molecule has 1 saturated heterocycles. The third kappa shape index (κ3) is 4.68. The van der Waals surface area contributed by atoms with Gasteiger partial charge in [0.25, 0.3) is 0 Å². The van der Waals surface area contributed by atoms with Crippen LogP contribution >= 0.6 is 0 Å². The molecule has 0 amide bonds. The highest BCUT2D eigenvalue weighted by molar-refractivity contribution is 5.96. The zero-order valence-electron chi connectivity index (χ0n) is 18.8. The molecule has 2 heterocycles. The predicted molar refractivity (Wildman–Crippen MR) is 123 cm³/mol. The van der Waals surface area contributed by atoms with E-state index in [0.29, 0.717) is 54.1 Å². The van der Waals surface area contributed by atoms with Crippen LogP contribution in [0.25, 0.3) is 10.9 Å². The minimum absolute atomic E-state index is 0.00657. The summed E-state index contributed by atoms with van der Waals surface area (Å²) in [6.07, 6.45) is 2.60. The molecule has 0 bridgehead atoms. The summed E-state index contributed by atoms with van der Waals surface area (Å²) in [7, 11) is 3.14. The average molecular weight is 455 g/mol. The van der Waals surface area contributed by atoms with Crippen molar-refractivity contribution in [1.29, 1.82) is 0 Å². The highest BCUT2D eigenvalue weighted by atomic mass is 19.1. The molecule has 174 valence electrons. The van der Waals surface area contributed by atoms with Crippen LogP contribution in [-0.2, 0) is 11.3 Å². The first-order valence-electron chi connectivity index (χ1n) is 10.7. The molecule has 4 rings (SSSR count). The molecule has 0 spiro atoms. The molecule has 8 nitrogen and oxygen atoms in total. The van der Waals surface area contributed by atoms with E-state index in [1.54, 1.807) is 20.3 Å². The molecule has 0 saturated carbocycles. The minimum Gasteiger partial charge on any atom is -0.497 e. The van der Waals surface area contributed by atoms with Crippen LogP contribution < -0.4 is 14.4 Å². The van der Waals surface area contributed by atoms with E-state index < -0.39 is 10.7 Å². The molecule has 2 atom stereocenters. The van der Waals surface area contributed by atoms with Crippen molar-refractivity contribution in [2.24, 2.45) is 0 Å². The number of rotatable bonds is 7. The van der Waals surface area contributed by atoms with Crippen molar-refractivity contribution in [2.45, 2.75) is 38.5 Å². The normalized spacial score (nSPS) is 18.2. The number of fused-ring (bicyclic) bond motifs is 1. The summed E-state index contributed by atoms with van der Waals surface area (Å²) >= 11 is 0. The Labute approximate surface area is 191 Å². The second-order valence-corrected chi connectivity index (χ2v) is 8.08. The molecule has 0 unspecified atom stereocenters. The largest absolute Gasteiger partial charge is 0.497 e. The van der Waals surface area contributed by atoms with Crippen LogP contribution in [0.1, 0.15) is 25.3 Å². The standard InChI is InChI=1S/C24H26FN3O5/c1-15-10-18(8-9-33-15)27(14-16-4-6-19(31-2)12-23(16)32-3)24-20-11-17(25)5-7-21(20)26-13-22(24)28(29)30/h4-7,11-13,15,18H,8-10,14H2,1-3H3/t15-,18+/m0/s1. The van der Waals surface area contributed by atoms with E-state index in [4.69, 9.17) is 14.2 Å². The Bertz CT molecular complexity index is 1170. The number of hydrogen-bond acceptors (Lipinski definition) is 7. The summed E-state index contributed by atoms with van der Waals surface area (Å²) in [5.74, 6) is 0.768. The van der Waals surface area contributed by atoms with Gasteiger partial charge in [0, 0.05) is 36.2 Å². The third-order valence-corrected chi connectivity index (χ3v) is 6.00. The first-order valence-corrected chi connectivity index (χ1v) is 10.7. The number of aromatic nitrogens is 1. The van der Waals surface area contributed by atoms with Gasteiger partial charge in [-0.1, -0.05) is 0 Å². The number of nitro groups is 1. The maximum absolute atomic E-state index is 14.3. The zero-order chi connectivity index (χ0) is 23.5. The summed E-state index contributed by atoms with van der Waals surface area (Å²) in [5, 5.41) is 12.4. The van der Waals surface area contributed by atoms with E-state index in [-0.39, 0.29) is 17.8 Å². The Hall–Kier alpha value is -3.46. The fourth-order valence-corrected chi connectivity index (χ4v) is 4.39. The van der Waals surface area contributed by atoms with Crippen molar-refractivity contribution in [3.8, 4) is 11.5 Å². The number of ether oxygens (including phenoxy) is 3. The van der Waals surface area contributed by atoms with Gasteiger partial charge in [-0.25, -0.2) is 9.37 Å². The van der Waals surface area contributed by atoms with Crippen LogP contribution in [0.5, 0.6) is 11.5 Å². The van der Waals surface area contributed by atoms with Crippen molar-refractivity contribution < 1.29 is 23.5 Å². The Morgan fingerprint density at radius 1 is 1.24 bits per heavy atom. The minimum atomic E-state index is -0.478. The topological polar surface area (TPSA) is 87.0 Å². The Balaban J connectivity index is 1.91. The molecule has 1 aliphatic rings. The van der Waals surface area contributed by atoms with Crippen molar-refractivity contribution in [1.82, 2.24) is 4.98 Å². The maximum atomic E-state index is 14.3. The van der Waals surface area contributed by atoms with E-state index in [1.165, 1.54) is 24.4 Å². The molecule has 9 heteroatoms. The Kier molecular flexibility index (Phi) is 6.60. The summed E-state index contributed by atoms with van der Waals surface area (Å²) in [4.78, 5) is 17.8. The Morgan fingerprint density at radius 3 is 2.76 bits per heavy atom. The van der Waals surface area contributed by atoms with Gasteiger partial charge in [-0.2, -0.15) is 0 Å². The van der Waals surface area contributed by atoms with Gasteiger partial charge in [0.1, 0.15) is 29.2 Å². The number of nitrogens with zero attached hydrogens (tertiary/aromatic N) is 3. The lowest BCUT2D eigenvalue weighted by Gasteiger charge is -2.38. The molecule has 2 aromatic carbocycles. The lowest BCUT2D eigenvalue weighted by atomic mass is 9.99. The number of halogens is 1. The van der Waals surface area contributed by atoms with Crippen LogP contribution in [0.2, 0.25) is 0 Å². The second-order valence-electron chi connectivity index (χ2n) is 8.08. The number of benzene rings is 2. The molecule has 33 heavy (non-hydrogen) atoms. The van der Waals surface area contributed by atoms with Gasteiger partial charge in [0.15, 0.2) is 0 Å². The van der Waals surface area contributed by atoms with Gasteiger partial charge in [0.2, 0.25) is 0 Å². The lowest BCUT2D eigenvalue weighted by molar-refractivity contribution is -0.384. The molecule has 0 N–H and O–H groups in total. The SMILES string of the molecule is COc1ccc(CN(c2c([N+](=O)[O-])cnc3ccc(F)cc23)[C@@H]2CCO[C@@H](C)C2)c(OC)c1. The van der Waals surface area contributed by atoms with Crippen LogP contribution in [-0.4, -0.2) is 42.9 Å². The van der Waals surface area contributed by atoms with Crippen LogP contribution in [0, 0.1) is 15.9 Å². The van der Waals surface area contributed by atoms with Crippen molar-refractivity contribution in [3.63, 3.8) is 0 Å². The fourth-order valence-electron chi connectivity index (χ4n) is 4.39. The van der Waals surface area contributed by atoms with Crippen molar-refractivity contribution in [3.05, 3.63) is 64.1 Å². The van der Waals surface area contributed by atoms with Crippen LogP contribution in [0.4, 0.5) is 15.8 Å². The molecule has 0 aliphatic carbocycles. The summed E-state index contributed by atoms with van der Waals surface area (Å²) in [5.41, 5.74) is 1.50. The van der Waals surface area contributed by atoms with E-state index in [1.807, 2.05) is 24.0 Å². The first kappa shape index (κ1) is 22.7. The number of hydrogen-bond donors (Lipinski definition) is 0. The van der Waals surface area contributed by atoms with E-state index in [9.17, 15) is 14.5 Å². The Morgan fingerprint density at radius 2 is 2.06 bits per heavy atom. The number of pyridine rings is 1. The molecule has 1 aromatic heterocycles. The van der Waals surface area contributed by atoms with Gasteiger partial charge >= 0.3 is 5.69 Å². The second kappa shape index (κ2) is 9.58. The van der Waals surface area contributed by atoms with E-state index in [2.05, 4.69) is 4.98 Å². The molecule has 1 fully saturated rings. The molecule has 1 aliphatic heterocycles. The number of methoxy groups -OCH3 is 2. The van der Waals surface area contributed by atoms with Gasteiger partial charge in [-0.15, -0.1) is 0 Å². The summed E-state index contributed by atoms with van der Waals surface area (Å²) in [6.45, 7) is 2.84. The van der Waals surface area contributed by atoms with Gasteiger partial charge in [0.05, 0.1) is 30.8 Å². The van der Waals surface area contributed by atoms with E-state index in [0.717, 1.165) is 5.56 Å². The molecule has 3 aromatic rings. The van der Waals surface area contributed by atoms with Gasteiger partial charge < -0.3 is 19.1 Å². The smallest absolute Gasteiger partial charge is 0.311 e. The maximum Gasteiger partial charge on any atom is 0.311 e. The monoisotopic (exact) mass is 455 g/mol. The van der Waals surface area contributed by atoms with Gasteiger partial charge in [-0.3, -0.25) is 10.1 Å². The van der Waals surface area contributed by atoms with E-state index >= 15 is 0 Å². The van der Waals surface area contributed by atoms with Crippen LogP contribution in [0.3, 0.4) is 0 Å². The quantitative estimate of drug-likeness (QED) is 0.371. The molecule has 0 radical (unpaired) electrons. The lowest BCUT2D eigenvalue weighted by Crippen LogP contribution is -2.42. The predicted octanol–water partition coefficient (Wildman–Crippen LogP) is 4.87. The zero-order valence-corrected chi connectivity index (χ0v) is 18.8.